The van der Waals surface area contributed by atoms with Gasteiger partial charge in [0, 0.05) is 53.4 Å². The zero-order valence-corrected chi connectivity index (χ0v) is 22.1. The Kier molecular flexibility index (Phi) is 8.02. The van der Waals surface area contributed by atoms with Crippen LogP contribution < -0.4 is 10.9 Å². The highest BCUT2D eigenvalue weighted by Gasteiger charge is 2.21. The summed E-state index contributed by atoms with van der Waals surface area (Å²) in [5.74, 6) is -1.19. The fourth-order valence-electron chi connectivity index (χ4n) is 3.68. The zero-order chi connectivity index (χ0) is 27.5. The lowest BCUT2D eigenvalue weighted by Gasteiger charge is -2.21. The molecule has 1 N–H and O–H groups in total. The molecule has 0 unspecified atom stereocenters. The summed E-state index contributed by atoms with van der Waals surface area (Å²) in [4.78, 5) is 38.1. The lowest BCUT2D eigenvalue weighted by Crippen LogP contribution is -2.40. The Morgan fingerprint density at radius 3 is 2.27 bits per heavy atom. The van der Waals surface area contributed by atoms with Crippen molar-refractivity contribution < 1.29 is 27.1 Å². The summed E-state index contributed by atoms with van der Waals surface area (Å²) >= 11 is 0. The van der Waals surface area contributed by atoms with Crippen LogP contribution in [0.25, 0.3) is 11.1 Å². The minimum Gasteiger partial charge on any atom is -0.445 e. The van der Waals surface area contributed by atoms with Crippen molar-refractivity contribution in [1.29, 1.82) is 0 Å². The molecule has 0 spiro atoms. The van der Waals surface area contributed by atoms with Crippen LogP contribution in [0.15, 0.2) is 59.5 Å². The first-order valence-corrected chi connectivity index (χ1v) is 13.4. The van der Waals surface area contributed by atoms with Gasteiger partial charge >= 0.3 is 6.09 Å². The number of hydrogen-bond donors (Lipinski definition) is 1. The largest absolute Gasteiger partial charge is 0.445 e. The SMILES string of the molecule is Cn1cc(-c2cc(CS(C)(=O)=O)ccc2C(=O)c2ccc(F)cc2)c(COC(=O)NC(C)(C)C)cc1=O. The van der Waals surface area contributed by atoms with E-state index in [-0.39, 0.29) is 29.0 Å². The Labute approximate surface area is 215 Å². The van der Waals surface area contributed by atoms with Gasteiger partial charge in [-0.3, -0.25) is 9.59 Å². The summed E-state index contributed by atoms with van der Waals surface area (Å²) in [6.45, 7) is 5.10. The quantitative estimate of drug-likeness (QED) is 0.464. The van der Waals surface area contributed by atoms with E-state index in [0.717, 1.165) is 6.26 Å². The molecule has 0 radical (unpaired) electrons. The molecule has 0 aliphatic carbocycles. The van der Waals surface area contributed by atoms with E-state index in [4.69, 9.17) is 4.74 Å². The van der Waals surface area contributed by atoms with Crippen LogP contribution in [0, 0.1) is 5.82 Å². The number of benzene rings is 2. The van der Waals surface area contributed by atoms with Gasteiger partial charge < -0.3 is 14.6 Å². The fourth-order valence-corrected chi connectivity index (χ4v) is 4.46. The fraction of sp³-hybridized carbons (Fsp3) is 0.296. The van der Waals surface area contributed by atoms with Crippen LogP contribution in [-0.4, -0.2) is 36.7 Å². The van der Waals surface area contributed by atoms with E-state index < -0.39 is 33.1 Å². The molecule has 196 valence electrons. The van der Waals surface area contributed by atoms with Crippen LogP contribution in [0.2, 0.25) is 0 Å². The summed E-state index contributed by atoms with van der Waals surface area (Å²) in [5.41, 5.74) is 1.05. The standard InChI is InChI=1S/C27H29FN2O6S/c1-27(2,3)29-26(33)36-15-19-13-24(31)30(4)14-23(19)22-12-17(16-37(5,34)35)6-11-21(22)25(32)18-7-9-20(28)10-8-18/h6-14H,15-16H2,1-5H3,(H,29,33). The molecule has 1 aromatic heterocycles. The first-order valence-electron chi connectivity index (χ1n) is 11.4. The van der Waals surface area contributed by atoms with Crippen LogP contribution in [0.5, 0.6) is 0 Å². The molecule has 0 atom stereocenters. The third kappa shape index (κ3) is 7.60. The molecule has 3 aromatic rings. The molecule has 0 aliphatic rings. The molecular formula is C27H29FN2O6S. The number of nitrogens with one attached hydrogen (secondary N) is 1. The summed E-state index contributed by atoms with van der Waals surface area (Å²) < 4.78 is 44.0. The van der Waals surface area contributed by atoms with Crippen molar-refractivity contribution in [2.45, 2.75) is 38.7 Å². The average Bonchev–Trinajstić information content (AvgIpc) is 2.77. The lowest BCUT2D eigenvalue weighted by molar-refractivity contribution is 0.103. The first-order chi connectivity index (χ1) is 17.1. The number of sulfone groups is 1. The maximum absolute atomic E-state index is 13.4. The molecular weight excluding hydrogens is 499 g/mol. The number of hydrogen-bond acceptors (Lipinski definition) is 6. The molecule has 1 amide bonds. The van der Waals surface area contributed by atoms with Gasteiger partial charge in [0.1, 0.15) is 12.4 Å². The van der Waals surface area contributed by atoms with Gasteiger partial charge in [0.25, 0.3) is 5.56 Å². The Balaban J connectivity index is 2.16. The Hall–Kier alpha value is -3.79. The van der Waals surface area contributed by atoms with Gasteiger partial charge in [-0.25, -0.2) is 17.6 Å². The minimum absolute atomic E-state index is 0.211. The maximum Gasteiger partial charge on any atom is 0.407 e. The lowest BCUT2D eigenvalue weighted by atomic mass is 9.91. The van der Waals surface area contributed by atoms with Gasteiger partial charge in [-0.2, -0.15) is 0 Å². The number of halogens is 1. The third-order valence-electron chi connectivity index (χ3n) is 5.30. The second kappa shape index (κ2) is 10.7. The number of ketones is 1. The van der Waals surface area contributed by atoms with Crippen molar-refractivity contribution in [3.63, 3.8) is 0 Å². The van der Waals surface area contributed by atoms with Gasteiger partial charge in [0.05, 0.1) is 5.75 Å². The van der Waals surface area contributed by atoms with Gasteiger partial charge in [0.2, 0.25) is 0 Å². The number of aryl methyl sites for hydroxylation is 1. The van der Waals surface area contributed by atoms with Crippen molar-refractivity contribution in [3.05, 3.63) is 93.2 Å². The molecule has 0 bridgehead atoms. The van der Waals surface area contributed by atoms with E-state index in [1.807, 2.05) is 0 Å². The van der Waals surface area contributed by atoms with Crippen LogP contribution in [-0.2, 0) is 34.0 Å². The van der Waals surface area contributed by atoms with Gasteiger partial charge in [-0.15, -0.1) is 0 Å². The molecule has 0 saturated carbocycles. The third-order valence-corrected chi connectivity index (χ3v) is 6.16. The number of carbonyl (C=O) groups is 2. The number of aromatic nitrogens is 1. The molecule has 2 aromatic carbocycles. The monoisotopic (exact) mass is 528 g/mol. The highest BCUT2D eigenvalue weighted by Crippen LogP contribution is 2.30. The topological polar surface area (TPSA) is 112 Å². The average molecular weight is 529 g/mol. The van der Waals surface area contributed by atoms with Gasteiger partial charge in [0.15, 0.2) is 15.6 Å². The van der Waals surface area contributed by atoms with Crippen molar-refractivity contribution in [3.8, 4) is 11.1 Å². The highest BCUT2D eigenvalue weighted by molar-refractivity contribution is 7.89. The van der Waals surface area contributed by atoms with E-state index in [9.17, 15) is 27.2 Å². The Morgan fingerprint density at radius 2 is 1.68 bits per heavy atom. The summed E-state index contributed by atoms with van der Waals surface area (Å²) in [6.07, 6.45) is 1.92. The first kappa shape index (κ1) is 27.8. The molecule has 0 saturated heterocycles. The predicted molar refractivity (Wildman–Crippen MR) is 139 cm³/mol. The van der Waals surface area contributed by atoms with Crippen molar-refractivity contribution in [1.82, 2.24) is 9.88 Å². The summed E-state index contributed by atoms with van der Waals surface area (Å²) in [7, 11) is -1.86. The van der Waals surface area contributed by atoms with E-state index in [2.05, 4.69) is 5.32 Å². The highest BCUT2D eigenvalue weighted by atomic mass is 32.2. The van der Waals surface area contributed by atoms with Gasteiger partial charge in [-0.1, -0.05) is 12.1 Å². The van der Waals surface area contributed by atoms with Gasteiger partial charge in [-0.05, 0) is 62.2 Å². The van der Waals surface area contributed by atoms with E-state index in [1.54, 1.807) is 26.8 Å². The summed E-state index contributed by atoms with van der Waals surface area (Å²) in [5, 5.41) is 2.67. The summed E-state index contributed by atoms with van der Waals surface area (Å²) in [6, 6.07) is 11.0. The van der Waals surface area contributed by atoms with E-state index in [0.29, 0.717) is 22.3 Å². The number of rotatable bonds is 7. The van der Waals surface area contributed by atoms with Crippen LogP contribution >= 0.6 is 0 Å². The van der Waals surface area contributed by atoms with Crippen molar-refractivity contribution >= 4 is 21.7 Å². The zero-order valence-electron chi connectivity index (χ0n) is 21.3. The molecule has 10 heteroatoms. The maximum atomic E-state index is 13.4. The molecule has 37 heavy (non-hydrogen) atoms. The number of carbonyl (C=O) groups excluding carboxylic acids is 2. The second-order valence-corrected chi connectivity index (χ2v) is 12.0. The Bertz CT molecular complexity index is 1500. The Morgan fingerprint density at radius 1 is 1.03 bits per heavy atom. The van der Waals surface area contributed by atoms with E-state index in [1.165, 1.54) is 60.3 Å². The smallest absolute Gasteiger partial charge is 0.407 e. The second-order valence-electron chi connectivity index (χ2n) is 9.90. The van der Waals surface area contributed by atoms with E-state index >= 15 is 0 Å². The molecule has 0 aliphatic heterocycles. The normalized spacial score (nSPS) is 11.7. The molecule has 3 rings (SSSR count). The number of ether oxygens (including phenoxy) is 1. The van der Waals surface area contributed by atoms with Crippen LogP contribution in [0.1, 0.15) is 47.8 Å². The minimum atomic E-state index is -3.39. The van der Waals surface area contributed by atoms with Crippen LogP contribution in [0.3, 0.4) is 0 Å². The molecule has 0 fully saturated rings. The molecule has 1 heterocycles. The number of nitrogens with zero attached hydrogens (tertiary/aromatic N) is 1. The molecule has 8 nitrogen and oxygen atoms in total. The number of alkyl carbamates (subject to hydrolysis) is 1. The number of pyridine rings is 1. The van der Waals surface area contributed by atoms with Crippen LogP contribution in [0.4, 0.5) is 9.18 Å². The van der Waals surface area contributed by atoms with Crippen molar-refractivity contribution in [2.75, 3.05) is 6.26 Å². The number of amides is 1. The predicted octanol–water partition coefficient (Wildman–Crippen LogP) is 3.99. The van der Waals surface area contributed by atoms with Crippen molar-refractivity contribution in [2.24, 2.45) is 7.05 Å².